The summed E-state index contributed by atoms with van der Waals surface area (Å²) in [5.41, 5.74) is 1.50. The summed E-state index contributed by atoms with van der Waals surface area (Å²) >= 11 is 0. The van der Waals surface area contributed by atoms with Crippen LogP contribution in [0.2, 0.25) is 0 Å². The third-order valence-electron chi connectivity index (χ3n) is 3.86. The average Bonchev–Trinajstić information content (AvgIpc) is 2.98. The van der Waals surface area contributed by atoms with E-state index in [1.807, 2.05) is 0 Å². The summed E-state index contributed by atoms with van der Waals surface area (Å²) in [6.45, 7) is 1.59. The van der Waals surface area contributed by atoms with Gasteiger partial charge in [-0.05, 0) is 55.5 Å². The quantitative estimate of drug-likeness (QED) is 0.756. The number of amides is 1. The minimum Gasteiger partial charge on any atom is -0.481 e. The van der Waals surface area contributed by atoms with E-state index < -0.39 is 12.0 Å². The highest BCUT2D eigenvalue weighted by atomic mass is 19.1. The van der Waals surface area contributed by atoms with Gasteiger partial charge < -0.3 is 9.30 Å². The van der Waals surface area contributed by atoms with Crippen molar-refractivity contribution in [2.75, 3.05) is 5.32 Å². The molecule has 1 amide bonds. The van der Waals surface area contributed by atoms with Gasteiger partial charge in [0.1, 0.15) is 17.4 Å². The van der Waals surface area contributed by atoms with Crippen LogP contribution in [0.1, 0.15) is 6.92 Å². The summed E-state index contributed by atoms with van der Waals surface area (Å²) in [7, 11) is 1.74. The Morgan fingerprint density at radius 3 is 2.27 bits per heavy atom. The minimum atomic E-state index is -0.800. The predicted molar refractivity (Wildman–Crippen MR) is 93.7 cm³/mol. The second-order valence-corrected chi connectivity index (χ2v) is 5.74. The molecule has 7 heteroatoms. The molecule has 26 heavy (non-hydrogen) atoms. The molecule has 1 N–H and O–H groups in total. The topological polar surface area (TPSA) is 56.1 Å². The summed E-state index contributed by atoms with van der Waals surface area (Å²) < 4.78 is 33.1. The van der Waals surface area contributed by atoms with E-state index in [4.69, 9.17) is 4.74 Å². The number of carbonyl (C=O) groups excluding carboxylic acids is 1. The first kappa shape index (κ1) is 17.6. The fourth-order valence-corrected chi connectivity index (χ4v) is 2.40. The molecule has 3 rings (SSSR count). The molecule has 2 aromatic carbocycles. The second-order valence-electron chi connectivity index (χ2n) is 5.74. The minimum absolute atomic E-state index is 0.323. The first-order valence-corrected chi connectivity index (χ1v) is 7.95. The fraction of sp³-hybridized carbons (Fsp3) is 0.158. The second kappa shape index (κ2) is 7.35. The number of hydrogen-bond acceptors (Lipinski definition) is 3. The molecule has 0 aliphatic rings. The monoisotopic (exact) mass is 357 g/mol. The van der Waals surface area contributed by atoms with Crippen molar-refractivity contribution in [3.8, 4) is 17.0 Å². The van der Waals surface area contributed by atoms with Crippen LogP contribution in [0.25, 0.3) is 11.3 Å². The molecule has 1 heterocycles. The lowest BCUT2D eigenvalue weighted by atomic mass is 10.2. The molecule has 5 nitrogen and oxygen atoms in total. The zero-order valence-corrected chi connectivity index (χ0v) is 14.2. The molecule has 0 radical (unpaired) electrons. The highest BCUT2D eigenvalue weighted by Gasteiger charge is 2.18. The van der Waals surface area contributed by atoms with Crippen LogP contribution in [0.5, 0.6) is 5.75 Å². The van der Waals surface area contributed by atoms with Crippen molar-refractivity contribution in [1.29, 1.82) is 0 Å². The first-order valence-electron chi connectivity index (χ1n) is 7.95. The molecule has 0 saturated carbocycles. The highest BCUT2D eigenvalue weighted by molar-refractivity contribution is 5.93. The van der Waals surface area contributed by atoms with E-state index in [9.17, 15) is 13.6 Å². The Hall–Kier alpha value is -3.22. The van der Waals surface area contributed by atoms with Crippen LogP contribution in [0, 0.1) is 11.6 Å². The van der Waals surface area contributed by atoms with Gasteiger partial charge in [0.15, 0.2) is 6.10 Å². The Morgan fingerprint density at radius 2 is 1.65 bits per heavy atom. The van der Waals surface area contributed by atoms with E-state index in [1.165, 1.54) is 36.4 Å². The normalized spacial score (nSPS) is 11.8. The Labute approximate surface area is 149 Å². The van der Waals surface area contributed by atoms with Gasteiger partial charge in [0, 0.05) is 12.6 Å². The van der Waals surface area contributed by atoms with Crippen molar-refractivity contribution < 1.29 is 18.3 Å². The lowest BCUT2D eigenvalue weighted by Crippen LogP contribution is -2.31. The number of nitrogens with zero attached hydrogens (tertiary/aromatic N) is 2. The first-order chi connectivity index (χ1) is 12.4. The van der Waals surface area contributed by atoms with Gasteiger partial charge in [-0.15, -0.1) is 0 Å². The Bertz CT molecular complexity index is 906. The average molecular weight is 357 g/mol. The molecule has 1 unspecified atom stereocenters. The van der Waals surface area contributed by atoms with Gasteiger partial charge in [-0.1, -0.05) is 0 Å². The highest BCUT2D eigenvalue weighted by Crippen LogP contribution is 2.22. The molecule has 0 fully saturated rings. The molecule has 0 bridgehead atoms. The molecular weight excluding hydrogens is 340 g/mol. The van der Waals surface area contributed by atoms with Gasteiger partial charge in [-0.25, -0.2) is 13.8 Å². The smallest absolute Gasteiger partial charge is 0.267 e. The van der Waals surface area contributed by atoms with E-state index in [0.29, 0.717) is 11.7 Å². The fourth-order valence-electron chi connectivity index (χ4n) is 2.40. The van der Waals surface area contributed by atoms with E-state index in [-0.39, 0.29) is 11.6 Å². The van der Waals surface area contributed by atoms with Gasteiger partial charge in [-0.2, -0.15) is 0 Å². The number of anilines is 1. The van der Waals surface area contributed by atoms with Crippen LogP contribution in [-0.4, -0.2) is 21.6 Å². The standard InChI is InChI=1S/C19H17F2N3O2/c1-12(26-16-9-7-15(21)8-10-16)18(25)23-19-22-11-17(24(19)2)13-3-5-14(20)6-4-13/h3-12H,1-2H3,(H,22,23,25). The number of imidazole rings is 1. The molecule has 1 atom stereocenters. The molecule has 0 aliphatic heterocycles. The van der Waals surface area contributed by atoms with Gasteiger partial charge in [0.25, 0.3) is 5.91 Å². The van der Waals surface area contributed by atoms with Crippen molar-refractivity contribution in [2.45, 2.75) is 13.0 Å². The molecule has 0 spiro atoms. The summed E-state index contributed by atoms with van der Waals surface area (Å²) in [5.74, 6) is -0.370. The number of halogens is 2. The van der Waals surface area contributed by atoms with Gasteiger partial charge in [0.2, 0.25) is 5.95 Å². The lowest BCUT2D eigenvalue weighted by molar-refractivity contribution is -0.122. The van der Waals surface area contributed by atoms with Crippen molar-refractivity contribution >= 4 is 11.9 Å². The number of hydrogen-bond donors (Lipinski definition) is 1. The van der Waals surface area contributed by atoms with Crippen LogP contribution < -0.4 is 10.1 Å². The van der Waals surface area contributed by atoms with E-state index in [2.05, 4.69) is 10.3 Å². The number of carbonyl (C=O) groups is 1. The van der Waals surface area contributed by atoms with Crippen molar-refractivity contribution in [2.24, 2.45) is 7.05 Å². The molecule has 134 valence electrons. The maximum atomic E-state index is 13.1. The number of benzene rings is 2. The van der Waals surface area contributed by atoms with Gasteiger partial charge >= 0.3 is 0 Å². The van der Waals surface area contributed by atoms with Crippen molar-refractivity contribution in [1.82, 2.24) is 9.55 Å². The number of aromatic nitrogens is 2. The number of ether oxygens (including phenoxy) is 1. The summed E-state index contributed by atoms with van der Waals surface area (Å²) in [4.78, 5) is 16.5. The number of nitrogens with one attached hydrogen (secondary N) is 1. The maximum absolute atomic E-state index is 13.1. The zero-order chi connectivity index (χ0) is 18.7. The molecule has 1 aromatic heterocycles. The van der Waals surface area contributed by atoms with Crippen LogP contribution in [0.4, 0.5) is 14.7 Å². The zero-order valence-electron chi connectivity index (χ0n) is 14.2. The third kappa shape index (κ3) is 3.88. The molecule has 0 aliphatic carbocycles. The van der Waals surface area contributed by atoms with E-state index in [0.717, 1.165) is 11.3 Å². The lowest BCUT2D eigenvalue weighted by Gasteiger charge is -2.14. The predicted octanol–water partition coefficient (Wildman–Crippen LogP) is 3.77. The van der Waals surface area contributed by atoms with Crippen LogP contribution >= 0.6 is 0 Å². The molecular formula is C19H17F2N3O2. The summed E-state index contributed by atoms with van der Waals surface area (Å²) in [6, 6.07) is 11.4. The maximum Gasteiger partial charge on any atom is 0.267 e. The molecule has 3 aromatic rings. The Kier molecular flexibility index (Phi) is 4.97. The van der Waals surface area contributed by atoms with Crippen LogP contribution in [0.3, 0.4) is 0 Å². The van der Waals surface area contributed by atoms with Gasteiger partial charge in [0.05, 0.1) is 11.9 Å². The summed E-state index contributed by atoms with van der Waals surface area (Å²) in [6.07, 6.45) is 0.792. The Balaban J connectivity index is 1.69. The van der Waals surface area contributed by atoms with Crippen LogP contribution in [-0.2, 0) is 11.8 Å². The van der Waals surface area contributed by atoms with Crippen molar-refractivity contribution in [3.05, 3.63) is 66.4 Å². The largest absolute Gasteiger partial charge is 0.481 e. The van der Waals surface area contributed by atoms with Crippen molar-refractivity contribution in [3.63, 3.8) is 0 Å². The van der Waals surface area contributed by atoms with Crippen LogP contribution in [0.15, 0.2) is 54.7 Å². The van der Waals surface area contributed by atoms with Gasteiger partial charge in [-0.3, -0.25) is 10.1 Å². The third-order valence-corrected chi connectivity index (χ3v) is 3.86. The SMILES string of the molecule is CC(Oc1ccc(F)cc1)C(=O)Nc1ncc(-c2ccc(F)cc2)n1C. The van der Waals surface area contributed by atoms with E-state index in [1.54, 1.807) is 36.9 Å². The summed E-state index contributed by atoms with van der Waals surface area (Å²) in [5, 5.41) is 2.68. The molecule has 0 saturated heterocycles. The number of rotatable bonds is 5. The Morgan fingerprint density at radius 1 is 1.08 bits per heavy atom. The van der Waals surface area contributed by atoms with E-state index >= 15 is 0 Å².